The van der Waals surface area contributed by atoms with E-state index in [-0.39, 0.29) is 51.0 Å². The second-order valence-corrected chi connectivity index (χ2v) is 15.2. The van der Waals surface area contributed by atoms with Crippen molar-refractivity contribution in [3.05, 3.63) is 21.3 Å². The molecule has 0 aromatic heterocycles. The number of halogens is 1. The monoisotopic (exact) mass is 626 g/mol. The molecule has 0 aromatic carbocycles. The molecule has 1 saturated carbocycles. The number of hydrogen-bond acceptors (Lipinski definition) is 4. The molecule has 0 unspecified atom stereocenters. The molecule has 5 atom stereocenters. The van der Waals surface area contributed by atoms with Gasteiger partial charge in [0.2, 0.25) is 0 Å². The molecular formula is C32H51IO4. The van der Waals surface area contributed by atoms with E-state index in [1.807, 2.05) is 6.08 Å². The molecule has 0 heterocycles. The van der Waals surface area contributed by atoms with Gasteiger partial charge in [0.25, 0.3) is 0 Å². The second-order valence-electron chi connectivity index (χ2n) is 14.0. The van der Waals surface area contributed by atoms with Gasteiger partial charge in [-0.1, -0.05) is 73.5 Å². The number of hydrogen-bond donors (Lipinski definition) is 0. The molecule has 0 spiro atoms. The topological polar surface area (TPSA) is 60.4 Å². The molecule has 0 N–H and O–H groups in total. The lowest BCUT2D eigenvalue weighted by Gasteiger charge is -2.59. The van der Waals surface area contributed by atoms with Crippen molar-refractivity contribution >= 4 is 40.1 Å². The van der Waals surface area contributed by atoms with Crippen LogP contribution in [0.25, 0.3) is 0 Å². The summed E-state index contributed by atoms with van der Waals surface area (Å²) in [6.45, 7) is 21.6. The minimum Gasteiger partial charge on any atom is -0.469 e. The lowest BCUT2D eigenvalue weighted by molar-refractivity contribution is -0.153. The molecule has 0 radical (unpaired) electrons. The summed E-state index contributed by atoms with van der Waals surface area (Å²) in [5.74, 6) is 0.261. The van der Waals surface area contributed by atoms with Gasteiger partial charge in [0.15, 0.2) is 11.6 Å². The van der Waals surface area contributed by atoms with Gasteiger partial charge in [-0.15, -0.1) is 0 Å². The van der Waals surface area contributed by atoms with Crippen LogP contribution < -0.4 is 0 Å². The van der Waals surface area contributed by atoms with Crippen LogP contribution in [0.1, 0.15) is 114 Å². The number of fused-ring (bicyclic) bond motifs is 1. The lowest BCUT2D eigenvalue weighted by Crippen LogP contribution is -2.52. The van der Waals surface area contributed by atoms with Crippen LogP contribution in [0.4, 0.5) is 0 Å². The first-order valence-electron chi connectivity index (χ1n) is 14.0. The lowest BCUT2D eigenvalue weighted by atomic mass is 9.44. The zero-order valence-electron chi connectivity index (χ0n) is 25.3. The van der Waals surface area contributed by atoms with Crippen molar-refractivity contribution in [2.24, 2.45) is 38.9 Å². The summed E-state index contributed by atoms with van der Waals surface area (Å²) in [4.78, 5) is 38.5. The van der Waals surface area contributed by atoms with Crippen molar-refractivity contribution < 1.29 is 19.1 Å². The summed E-state index contributed by atoms with van der Waals surface area (Å²) >= 11 is 2.18. The van der Waals surface area contributed by atoms with E-state index in [9.17, 15) is 14.4 Å². The molecule has 1 fully saturated rings. The zero-order valence-corrected chi connectivity index (χ0v) is 27.4. The number of allylic oxidation sites excluding steroid dienone is 4. The second kappa shape index (κ2) is 11.3. The van der Waals surface area contributed by atoms with Crippen LogP contribution in [0.5, 0.6) is 0 Å². The van der Waals surface area contributed by atoms with Crippen LogP contribution in [0.3, 0.4) is 0 Å². The fourth-order valence-electron chi connectivity index (χ4n) is 6.81. The Morgan fingerprint density at radius 1 is 1.11 bits per heavy atom. The van der Waals surface area contributed by atoms with Crippen LogP contribution >= 0.6 is 22.6 Å². The summed E-state index contributed by atoms with van der Waals surface area (Å²) in [6.07, 6.45) is 10.3. The molecule has 2 aliphatic carbocycles. The molecule has 0 bridgehead atoms. The highest BCUT2D eigenvalue weighted by molar-refractivity contribution is 14.1. The summed E-state index contributed by atoms with van der Waals surface area (Å²) < 4.78 is 6.08. The van der Waals surface area contributed by atoms with E-state index in [1.54, 1.807) is 6.92 Å². The number of rotatable bonds is 10. The Morgan fingerprint density at radius 3 is 2.19 bits per heavy atom. The summed E-state index contributed by atoms with van der Waals surface area (Å²) in [7, 11) is 1.49. The molecule has 0 saturated heterocycles. The molecule has 2 rings (SSSR count). The van der Waals surface area contributed by atoms with Crippen LogP contribution in [-0.2, 0) is 19.1 Å². The Balaban J connectivity index is 2.49. The Kier molecular flexibility index (Phi) is 9.80. The maximum absolute atomic E-state index is 13.0. The summed E-state index contributed by atoms with van der Waals surface area (Å²) in [5, 5.41) is 0. The maximum atomic E-state index is 13.0. The molecule has 0 aliphatic heterocycles. The van der Waals surface area contributed by atoms with Gasteiger partial charge >= 0.3 is 5.97 Å². The third-order valence-corrected chi connectivity index (χ3v) is 11.6. The molecule has 0 aromatic rings. The fourth-order valence-corrected chi connectivity index (χ4v) is 7.95. The number of esters is 1. The standard InChI is InChI=1S/C32H51IO4/c1-12-28(4,5)15-17-30(8,27(36)37-11)18-16-29(6,7)32(10)14-13-23-22(3)26(35)24(33)20-31(23,9)25(32)19-21(2)34/h19-20,22-23H,12-18H2,1-11H3/b25-19-/t22-,23-,30-,31-,32+/m0/s1. The van der Waals surface area contributed by atoms with Crippen molar-refractivity contribution in [2.75, 3.05) is 7.11 Å². The van der Waals surface area contributed by atoms with Gasteiger partial charge in [0, 0.05) is 11.3 Å². The van der Waals surface area contributed by atoms with Gasteiger partial charge in [-0.25, -0.2) is 0 Å². The normalized spacial score (nSPS) is 31.4. The van der Waals surface area contributed by atoms with E-state index >= 15 is 0 Å². The Morgan fingerprint density at radius 2 is 1.68 bits per heavy atom. The number of ether oxygens (including phenoxy) is 1. The van der Waals surface area contributed by atoms with E-state index < -0.39 is 5.41 Å². The van der Waals surface area contributed by atoms with Gasteiger partial charge < -0.3 is 4.74 Å². The third-order valence-electron chi connectivity index (χ3n) is 10.7. The quantitative estimate of drug-likeness (QED) is 0.138. The first-order chi connectivity index (χ1) is 16.8. The third kappa shape index (κ3) is 6.27. The minimum absolute atomic E-state index is 0.0491. The summed E-state index contributed by atoms with van der Waals surface area (Å²) in [6, 6.07) is 0. The van der Waals surface area contributed by atoms with Gasteiger partial charge in [-0.3, -0.25) is 14.4 Å². The Bertz CT molecular complexity index is 973. The highest BCUT2D eigenvalue weighted by atomic mass is 127. The Hall–Kier alpha value is -0.980. The maximum Gasteiger partial charge on any atom is 0.311 e. The molecule has 37 heavy (non-hydrogen) atoms. The first kappa shape index (κ1) is 32.2. The largest absolute Gasteiger partial charge is 0.469 e. The number of carbonyl (C=O) groups excluding carboxylic acids is 3. The highest BCUT2D eigenvalue weighted by Gasteiger charge is 2.58. The molecule has 4 nitrogen and oxygen atoms in total. The minimum atomic E-state index is -0.554. The van der Waals surface area contributed by atoms with Crippen molar-refractivity contribution in [1.29, 1.82) is 0 Å². The average molecular weight is 627 g/mol. The van der Waals surface area contributed by atoms with E-state index in [4.69, 9.17) is 4.74 Å². The predicted octanol–water partition coefficient (Wildman–Crippen LogP) is 8.66. The van der Waals surface area contributed by atoms with Crippen molar-refractivity contribution in [3.63, 3.8) is 0 Å². The van der Waals surface area contributed by atoms with Crippen molar-refractivity contribution in [2.45, 2.75) is 114 Å². The van der Waals surface area contributed by atoms with Crippen LogP contribution in [0, 0.1) is 38.9 Å². The van der Waals surface area contributed by atoms with E-state index in [2.05, 4.69) is 91.0 Å². The van der Waals surface area contributed by atoms with Crippen molar-refractivity contribution in [1.82, 2.24) is 0 Å². The van der Waals surface area contributed by atoms with Gasteiger partial charge in [-0.05, 0) is 103 Å². The number of Topliss-reactive ketones (excluding diaryl/α,β-unsaturated/α-hetero) is 1. The molecule has 2 aliphatic rings. The van der Waals surface area contributed by atoms with Gasteiger partial charge in [0.05, 0.1) is 16.1 Å². The number of carbonyl (C=O) groups is 3. The van der Waals surface area contributed by atoms with Crippen LogP contribution in [-0.4, -0.2) is 24.6 Å². The molecule has 5 heteroatoms. The number of methoxy groups -OCH3 is 1. The van der Waals surface area contributed by atoms with Crippen LogP contribution in [0.15, 0.2) is 21.3 Å². The van der Waals surface area contributed by atoms with E-state index in [0.717, 1.165) is 54.1 Å². The fraction of sp³-hybridized carbons (Fsp3) is 0.781. The predicted molar refractivity (Wildman–Crippen MR) is 160 cm³/mol. The zero-order chi connectivity index (χ0) is 28.6. The Labute approximate surface area is 240 Å². The van der Waals surface area contributed by atoms with Crippen molar-refractivity contribution in [3.8, 4) is 0 Å². The first-order valence-corrected chi connectivity index (χ1v) is 15.1. The SMILES string of the molecule is CCC(C)(C)CC[C@@](C)(CCC(C)(C)[C@]1(C)CC[C@H]2[C@H](C)C(=O)C(I)=C[C@]2(C)/C1=C/C(C)=O)C(=O)OC. The molecule has 0 amide bonds. The van der Waals surface area contributed by atoms with Gasteiger partial charge in [0.1, 0.15) is 0 Å². The smallest absolute Gasteiger partial charge is 0.311 e. The average Bonchev–Trinajstić information content (AvgIpc) is 2.81. The summed E-state index contributed by atoms with van der Waals surface area (Å²) in [5.41, 5.74) is -0.00867. The van der Waals surface area contributed by atoms with Crippen LogP contribution in [0.2, 0.25) is 0 Å². The number of ketones is 2. The molecule has 210 valence electrons. The highest BCUT2D eigenvalue weighted by Crippen LogP contribution is 2.65. The van der Waals surface area contributed by atoms with E-state index in [1.165, 1.54) is 7.11 Å². The van der Waals surface area contributed by atoms with Gasteiger partial charge in [-0.2, -0.15) is 0 Å². The molecular weight excluding hydrogens is 575 g/mol. The van der Waals surface area contributed by atoms with E-state index in [0.29, 0.717) is 0 Å².